The van der Waals surface area contributed by atoms with Crippen LogP contribution in [-0.4, -0.2) is 34.6 Å². The van der Waals surface area contributed by atoms with Crippen LogP contribution in [0.5, 0.6) is 0 Å². The highest BCUT2D eigenvalue weighted by Gasteiger charge is 2.22. The second-order valence-corrected chi connectivity index (χ2v) is 7.15. The summed E-state index contributed by atoms with van der Waals surface area (Å²) in [6.45, 7) is 9.12. The maximum atomic E-state index is 11.2. The van der Waals surface area contributed by atoms with Crippen molar-refractivity contribution in [1.82, 2.24) is 9.97 Å². The zero-order chi connectivity index (χ0) is 15.1. The Hall–Kier alpha value is -1.69. The molecule has 0 fully saturated rings. The van der Waals surface area contributed by atoms with Crippen LogP contribution in [0.1, 0.15) is 36.0 Å². The Morgan fingerprint density at radius 3 is 2.60 bits per heavy atom. The van der Waals surface area contributed by atoms with E-state index in [2.05, 4.69) is 35.6 Å². The highest BCUT2D eigenvalue weighted by molar-refractivity contribution is 7.20. The van der Waals surface area contributed by atoms with E-state index in [9.17, 15) is 9.90 Å². The molecule has 0 bridgehead atoms. The lowest BCUT2D eigenvalue weighted by Gasteiger charge is -2.27. The van der Waals surface area contributed by atoms with Gasteiger partial charge in [-0.1, -0.05) is 20.8 Å². The van der Waals surface area contributed by atoms with E-state index in [4.69, 9.17) is 0 Å². The van der Waals surface area contributed by atoms with Crippen LogP contribution in [0.3, 0.4) is 0 Å². The fraction of sp³-hybridized carbons (Fsp3) is 0.500. The maximum Gasteiger partial charge on any atom is 0.346 e. The number of hydrogen-bond acceptors (Lipinski definition) is 5. The predicted molar refractivity (Wildman–Crippen MR) is 81.8 cm³/mol. The number of carboxylic acid groups (broad SMARTS) is 1. The molecular weight excluding hydrogens is 274 g/mol. The summed E-state index contributed by atoms with van der Waals surface area (Å²) in [6, 6.07) is 0. The number of anilines is 1. The molecule has 0 saturated heterocycles. The molecule has 0 aliphatic carbocycles. The molecule has 2 rings (SSSR count). The lowest BCUT2D eigenvalue weighted by molar-refractivity contribution is 0.0701. The van der Waals surface area contributed by atoms with Gasteiger partial charge in [-0.05, 0) is 17.9 Å². The van der Waals surface area contributed by atoms with Crippen LogP contribution < -0.4 is 4.90 Å². The van der Waals surface area contributed by atoms with E-state index < -0.39 is 5.97 Å². The Morgan fingerprint density at radius 2 is 2.05 bits per heavy atom. The summed E-state index contributed by atoms with van der Waals surface area (Å²) in [6.07, 6.45) is 1.50. The van der Waals surface area contributed by atoms with Crippen molar-refractivity contribution in [3.63, 3.8) is 0 Å². The average Bonchev–Trinajstić information content (AvgIpc) is 2.65. The van der Waals surface area contributed by atoms with E-state index in [1.165, 1.54) is 17.7 Å². The lowest BCUT2D eigenvalue weighted by Crippen LogP contribution is -2.29. The number of aromatic carboxylic acids is 1. The van der Waals surface area contributed by atoms with Crippen LogP contribution in [0.4, 0.5) is 5.82 Å². The fourth-order valence-electron chi connectivity index (χ4n) is 2.33. The van der Waals surface area contributed by atoms with E-state index in [1.54, 1.807) is 0 Å². The van der Waals surface area contributed by atoms with Gasteiger partial charge in [0.05, 0.1) is 5.39 Å². The Balaban J connectivity index is 2.57. The Morgan fingerprint density at radius 1 is 1.40 bits per heavy atom. The smallest absolute Gasteiger partial charge is 0.346 e. The van der Waals surface area contributed by atoms with Gasteiger partial charge in [-0.15, -0.1) is 11.3 Å². The van der Waals surface area contributed by atoms with Crippen molar-refractivity contribution in [3.8, 4) is 0 Å². The van der Waals surface area contributed by atoms with Gasteiger partial charge in [0.25, 0.3) is 0 Å². The first kappa shape index (κ1) is 14.7. The second kappa shape index (κ2) is 5.01. The molecular formula is C14H19N3O2S. The number of nitrogens with zero attached hydrogens (tertiary/aromatic N) is 3. The molecule has 108 valence electrons. The molecule has 2 aromatic rings. The minimum atomic E-state index is -0.907. The molecule has 0 spiro atoms. The van der Waals surface area contributed by atoms with Crippen molar-refractivity contribution in [2.24, 2.45) is 5.41 Å². The van der Waals surface area contributed by atoms with E-state index in [0.29, 0.717) is 4.88 Å². The maximum absolute atomic E-state index is 11.2. The molecule has 0 saturated carbocycles. The molecule has 2 aromatic heterocycles. The monoisotopic (exact) mass is 293 g/mol. The molecule has 20 heavy (non-hydrogen) atoms. The van der Waals surface area contributed by atoms with E-state index in [0.717, 1.165) is 28.1 Å². The fourth-order valence-corrected chi connectivity index (χ4v) is 3.31. The molecule has 2 heterocycles. The molecule has 0 amide bonds. The molecule has 5 nitrogen and oxygen atoms in total. The number of hydrogen-bond donors (Lipinski definition) is 1. The largest absolute Gasteiger partial charge is 0.477 e. The van der Waals surface area contributed by atoms with Gasteiger partial charge in [-0.25, -0.2) is 14.8 Å². The van der Waals surface area contributed by atoms with Crippen LogP contribution in [0.25, 0.3) is 10.2 Å². The SMILES string of the molecule is Cc1c(C(=O)O)sc2ncnc(N(C)CC(C)(C)C)c12. The highest BCUT2D eigenvalue weighted by atomic mass is 32.1. The third-order valence-corrected chi connectivity index (χ3v) is 4.16. The van der Waals surface area contributed by atoms with Gasteiger partial charge in [0, 0.05) is 13.6 Å². The summed E-state index contributed by atoms with van der Waals surface area (Å²) in [5.41, 5.74) is 0.875. The average molecular weight is 293 g/mol. The molecule has 0 radical (unpaired) electrons. The van der Waals surface area contributed by atoms with Crippen LogP contribution in [-0.2, 0) is 0 Å². The van der Waals surface area contributed by atoms with Crippen molar-refractivity contribution in [2.45, 2.75) is 27.7 Å². The molecule has 0 aliphatic rings. The van der Waals surface area contributed by atoms with Gasteiger partial charge in [0.1, 0.15) is 21.9 Å². The first-order chi connectivity index (χ1) is 9.20. The number of aromatic nitrogens is 2. The first-order valence-corrected chi connectivity index (χ1v) is 7.21. The Kier molecular flexibility index (Phi) is 3.69. The van der Waals surface area contributed by atoms with Gasteiger partial charge in [-0.3, -0.25) is 0 Å². The lowest BCUT2D eigenvalue weighted by atomic mass is 9.96. The third-order valence-electron chi connectivity index (χ3n) is 2.97. The van der Waals surface area contributed by atoms with Gasteiger partial charge < -0.3 is 10.0 Å². The van der Waals surface area contributed by atoms with Gasteiger partial charge in [0.2, 0.25) is 0 Å². The van der Waals surface area contributed by atoms with Gasteiger partial charge in [-0.2, -0.15) is 0 Å². The zero-order valence-corrected chi connectivity index (χ0v) is 13.2. The van der Waals surface area contributed by atoms with E-state index in [-0.39, 0.29) is 5.41 Å². The Bertz CT molecular complexity index is 658. The molecule has 0 unspecified atom stereocenters. The number of carboxylic acids is 1. The number of aryl methyl sites for hydroxylation is 1. The second-order valence-electron chi connectivity index (χ2n) is 6.16. The standard InChI is InChI=1S/C14H19N3O2S/c1-8-9-11(17(5)6-14(2,3)4)15-7-16-12(9)20-10(8)13(18)19/h7H,6H2,1-5H3,(H,18,19). The topological polar surface area (TPSA) is 66.3 Å². The molecule has 6 heteroatoms. The van der Waals surface area contributed by atoms with E-state index >= 15 is 0 Å². The van der Waals surface area contributed by atoms with Crippen LogP contribution in [0, 0.1) is 12.3 Å². The van der Waals surface area contributed by atoms with Crippen LogP contribution in [0.2, 0.25) is 0 Å². The summed E-state index contributed by atoms with van der Waals surface area (Å²) in [4.78, 5) is 22.9. The molecule has 0 aliphatic heterocycles. The number of rotatable bonds is 3. The highest BCUT2D eigenvalue weighted by Crippen LogP contribution is 2.35. The van der Waals surface area contributed by atoms with Gasteiger partial charge in [0.15, 0.2) is 0 Å². The third kappa shape index (κ3) is 2.75. The summed E-state index contributed by atoms with van der Waals surface area (Å²) < 4.78 is 0. The van der Waals surface area contributed by atoms with Gasteiger partial charge >= 0.3 is 5.97 Å². The molecule has 1 N–H and O–H groups in total. The molecule has 0 atom stereocenters. The number of thiophene rings is 1. The number of carbonyl (C=O) groups is 1. The minimum Gasteiger partial charge on any atom is -0.477 e. The summed E-state index contributed by atoms with van der Waals surface area (Å²) in [5, 5.41) is 10.1. The number of fused-ring (bicyclic) bond motifs is 1. The van der Waals surface area contributed by atoms with Crippen molar-refractivity contribution in [3.05, 3.63) is 16.8 Å². The van der Waals surface area contributed by atoms with Crippen molar-refractivity contribution >= 4 is 33.3 Å². The quantitative estimate of drug-likeness (QED) is 0.941. The van der Waals surface area contributed by atoms with Crippen molar-refractivity contribution < 1.29 is 9.90 Å². The predicted octanol–water partition coefficient (Wildman–Crippen LogP) is 3.18. The normalized spacial score (nSPS) is 11.8. The van der Waals surface area contributed by atoms with E-state index in [1.807, 2.05) is 14.0 Å². The molecule has 0 aromatic carbocycles. The van der Waals surface area contributed by atoms with Crippen molar-refractivity contribution in [1.29, 1.82) is 0 Å². The van der Waals surface area contributed by atoms with Crippen LogP contribution in [0.15, 0.2) is 6.33 Å². The Labute approximate surface area is 122 Å². The minimum absolute atomic E-state index is 0.131. The summed E-state index contributed by atoms with van der Waals surface area (Å²) in [5.74, 6) is -0.110. The summed E-state index contributed by atoms with van der Waals surface area (Å²) in [7, 11) is 1.98. The van der Waals surface area contributed by atoms with Crippen LogP contribution >= 0.6 is 11.3 Å². The first-order valence-electron chi connectivity index (χ1n) is 6.39. The van der Waals surface area contributed by atoms with Crippen molar-refractivity contribution in [2.75, 3.05) is 18.5 Å². The summed E-state index contributed by atoms with van der Waals surface area (Å²) >= 11 is 1.20. The zero-order valence-electron chi connectivity index (χ0n) is 12.4.